The van der Waals surface area contributed by atoms with E-state index in [0.29, 0.717) is 12.5 Å². The Morgan fingerprint density at radius 2 is 2.14 bits per heavy atom. The standard InChI is InChI=1S/C17H24N4O/c1-14(19-8-3-4-9-19)12-17(22)20-10-5-6-16(13-20)21-11-7-18-15(21)2/h3-4,7-9,11,14,16H,5-6,10,12-13H2,1-2H3/t14-,16+/m0/s1. The van der Waals surface area contributed by atoms with Crippen LogP contribution in [0.4, 0.5) is 0 Å². The first-order valence-corrected chi connectivity index (χ1v) is 8.05. The van der Waals surface area contributed by atoms with Gasteiger partial charge in [-0.2, -0.15) is 0 Å². The number of likely N-dealkylation sites (tertiary alicyclic amines) is 1. The molecule has 5 nitrogen and oxygen atoms in total. The molecule has 118 valence electrons. The summed E-state index contributed by atoms with van der Waals surface area (Å²) in [7, 11) is 0. The van der Waals surface area contributed by atoms with Crippen molar-refractivity contribution in [1.82, 2.24) is 19.0 Å². The molecule has 1 aliphatic rings. The van der Waals surface area contributed by atoms with E-state index in [4.69, 9.17) is 0 Å². The Morgan fingerprint density at radius 3 is 2.82 bits per heavy atom. The molecule has 0 unspecified atom stereocenters. The first kappa shape index (κ1) is 14.9. The molecule has 1 saturated heterocycles. The van der Waals surface area contributed by atoms with Gasteiger partial charge in [-0.25, -0.2) is 4.98 Å². The Labute approximate surface area is 131 Å². The van der Waals surface area contributed by atoms with Crippen molar-refractivity contribution in [2.75, 3.05) is 13.1 Å². The van der Waals surface area contributed by atoms with Gasteiger partial charge < -0.3 is 14.0 Å². The molecule has 3 rings (SSSR count). The number of hydrogen-bond donors (Lipinski definition) is 0. The van der Waals surface area contributed by atoms with Crippen LogP contribution in [0.3, 0.4) is 0 Å². The molecule has 2 atom stereocenters. The van der Waals surface area contributed by atoms with Crippen LogP contribution in [0.5, 0.6) is 0 Å². The minimum Gasteiger partial charge on any atom is -0.351 e. The van der Waals surface area contributed by atoms with Crippen LogP contribution in [0.15, 0.2) is 36.9 Å². The monoisotopic (exact) mass is 300 g/mol. The third-order valence-electron chi connectivity index (χ3n) is 4.61. The maximum absolute atomic E-state index is 12.6. The van der Waals surface area contributed by atoms with Crippen molar-refractivity contribution in [1.29, 1.82) is 0 Å². The number of rotatable bonds is 4. The molecule has 0 radical (unpaired) electrons. The van der Waals surface area contributed by atoms with Crippen LogP contribution in [-0.2, 0) is 4.79 Å². The highest BCUT2D eigenvalue weighted by atomic mass is 16.2. The summed E-state index contributed by atoms with van der Waals surface area (Å²) in [5.74, 6) is 1.28. The third-order valence-corrected chi connectivity index (χ3v) is 4.61. The number of nitrogens with zero attached hydrogens (tertiary/aromatic N) is 4. The molecule has 1 amide bonds. The van der Waals surface area contributed by atoms with Crippen LogP contribution in [-0.4, -0.2) is 38.0 Å². The van der Waals surface area contributed by atoms with E-state index >= 15 is 0 Å². The molecular weight excluding hydrogens is 276 g/mol. The highest BCUT2D eigenvalue weighted by molar-refractivity contribution is 5.76. The lowest BCUT2D eigenvalue weighted by Gasteiger charge is -2.34. The van der Waals surface area contributed by atoms with E-state index in [1.54, 1.807) is 0 Å². The second-order valence-corrected chi connectivity index (χ2v) is 6.20. The number of carbonyl (C=O) groups is 1. The lowest BCUT2D eigenvalue weighted by molar-refractivity contribution is -0.133. The summed E-state index contributed by atoms with van der Waals surface area (Å²) in [4.78, 5) is 18.9. The van der Waals surface area contributed by atoms with Gasteiger partial charge >= 0.3 is 0 Å². The fourth-order valence-electron chi connectivity index (χ4n) is 3.31. The first-order chi connectivity index (χ1) is 10.6. The zero-order valence-electron chi connectivity index (χ0n) is 13.4. The highest BCUT2D eigenvalue weighted by Crippen LogP contribution is 2.24. The van der Waals surface area contributed by atoms with Gasteiger partial charge in [0.05, 0.1) is 6.04 Å². The molecule has 5 heteroatoms. The largest absolute Gasteiger partial charge is 0.351 e. The highest BCUT2D eigenvalue weighted by Gasteiger charge is 2.26. The van der Waals surface area contributed by atoms with E-state index in [1.807, 2.05) is 48.7 Å². The average Bonchev–Trinajstić information content (AvgIpc) is 3.18. The molecule has 0 spiro atoms. The van der Waals surface area contributed by atoms with Crippen LogP contribution in [0.25, 0.3) is 0 Å². The fourth-order valence-corrected chi connectivity index (χ4v) is 3.31. The van der Waals surface area contributed by atoms with Gasteiger partial charge in [-0.05, 0) is 38.8 Å². The van der Waals surface area contributed by atoms with Crippen molar-refractivity contribution >= 4 is 5.91 Å². The predicted octanol–water partition coefficient (Wildman–Crippen LogP) is 2.81. The number of carbonyl (C=O) groups excluding carboxylic acids is 1. The molecular formula is C17H24N4O. The van der Waals surface area contributed by atoms with Gasteiger partial charge in [0.2, 0.25) is 5.91 Å². The van der Waals surface area contributed by atoms with Crippen LogP contribution < -0.4 is 0 Å². The van der Waals surface area contributed by atoms with Gasteiger partial charge in [0.15, 0.2) is 0 Å². The minimum atomic E-state index is 0.206. The molecule has 0 N–H and O–H groups in total. The molecule has 1 aliphatic heterocycles. The fraction of sp³-hybridized carbons (Fsp3) is 0.529. The average molecular weight is 300 g/mol. The zero-order valence-corrected chi connectivity index (χ0v) is 13.4. The Kier molecular flexibility index (Phi) is 4.32. The maximum atomic E-state index is 12.6. The van der Waals surface area contributed by atoms with Gasteiger partial charge in [0.25, 0.3) is 0 Å². The summed E-state index contributed by atoms with van der Waals surface area (Å²) in [6, 6.07) is 4.57. The summed E-state index contributed by atoms with van der Waals surface area (Å²) in [5.41, 5.74) is 0. The second-order valence-electron chi connectivity index (χ2n) is 6.20. The van der Waals surface area contributed by atoms with E-state index in [2.05, 4.69) is 21.0 Å². The van der Waals surface area contributed by atoms with Gasteiger partial charge in [0.1, 0.15) is 5.82 Å². The van der Waals surface area contributed by atoms with E-state index in [9.17, 15) is 4.79 Å². The minimum absolute atomic E-state index is 0.206. The van der Waals surface area contributed by atoms with Gasteiger partial charge in [0, 0.05) is 50.3 Å². The van der Waals surface area contributed by atoms with Crippen LogP contribution >= 0.6 is 0 Å². The van der Waals surface area contributed by atoms with Crippen LogP contribution in [0, 0.1) is 6.92 Å². The Hall–Kier alpha value is -2.04. The van der Waals surface area contributed by atoms with E-state index in [0.717, 1.165) is 31.8 Å². The second kappa shape index (κ2) is 6.38. The quantitative estimate of drug-likeness (QED) is 0.871. The summed E-state index contributed by atoms with van der Waals surface area (Å²) < 4.78 is 4.30. The zero-order chi connectivity index (χ0) is 15.5. The normalized spacial score (nSPS) is 20.1. The predicted molar refractivity (Wildman–Crippen MR) is 85.6 cm³/mol. The van der Waals surface area contributed by atoms with Crippen molar-refractivity contribution in [3.63, 3.8) is 0 Å². The van der Waals surface area contributed by atoms with Crippen molar-refractivity contribution in [3.8, 4) is 0 Å². The van der Waals surface area contributed by atoms with Crippen molar-refractivity contribution < 1.29 is 4.79 Å². The van der Waals surface area contributed by atoms with E-state index < -0.39 is 0 Å². The summed E-state index contributed by atoms with van der Waals surface area (Å²) in [5, 5.41) is 0. The number of aryl methyl sites for hydroxylation is 1. The molecule has 2 aromatic heterocycles. The molecule has 0 aromatic carbocycles. The van der Waals surface area contributed by atoms with Gasteiger partial charge in [-0.15, -0.1) is 0 Å². The Morgan fingerprint density at radius 1 is 1.36 bits per heavy atom. The molecule has 0 bridgehead atoms. The lowest BCUT2D eigenvalue weighted by atomic mass is 10.0. The number of aromatic nitrogens is 3. The molecule has 3 heterocycles. The Balaban J connectivity index is 1.62. The van der Waals surface area contributed by atoms with Crippen molar-refractivity contribution in [2.24, 2.45) is 0 Å². The summed E-state index contributed by atoms with van der Waals surface area (Å²) >= 11 is 0. The first-order valence-electron chi connectivity index (χ1n) is 8.05. The number of imidazole rings is 1. The van der Waals surface area contributed by atoms with Gasteiger partial charge in [-0.1, -0.05) is 0 Å². The van der Waals surface area contributed by atoms with Crippen LogP contribution in [0.1, 0.15) is 44.1 Å². The smallest absolute Gasteiger partial charge is 0.224 e. The molecule has 2 aromatic rings. The van der Waals surface area contributed by atoms with Crippen LogP contribution in [0.2, 0.25) is 0 Å². The number of hydrogen-bond acceptors (Lipinski definition) is 2. The van der Waals surface area contributed by atoms with Crippen molar-refractivity contribution in [3.05, 3.63) is 42.7 Å². The topological polar surface area (TPSA) is 43.1 Å². The van der Waals surface area contributed by atoms with Crippen molar-refractivity contribution in [2.45, 2.75) is 45.2 Å². The van der Waals surface area contributed by atoms with E-state index in [-0.39, 0.29) is 11.9 Å². The molecule has 0 saturated carbocycles. The summed E-state index contributed by atoms with van der Waals surface area (Å²) in [6.45, 7) is 5.80. The lowest BCUT2D eigenvalue weighted by Crippen LogP contribution is -2.41. The third kappa shape index (κ3) is 3.08. The molecule has 22 heavy (non-hydrogen) atoms. The Bertz CT molecular complexity index is 616. The SMILES string of the molecule is Cc1nccn1[C@@H]1CCCN(C(=O)C[C@H](C)n2cccc2)C1. The maximum Gasteiger partial charge on any atom is 0.224 e. The summed E-state index contributed by atoms with van der Waals surface area (Å²) in [6.07, 6.45) is 10.6. The molecule has 0 aliphatic carbocycles. The number of amides is 1. The molecule has 1 fully saturated rings. The number of piperidine rings is 1. The van der Waals surface area contributed by atoms with E-state index in [1.165, 1.54) is 0 Å². The van der Waals surface area contributed by atoms with Gasteiger partial charge in [-0.3, -0.25) is 4.79 Å².